The largest absolute Gasteiger partial charge is 0.481 e. The summed E-state index contributed by atoms with van der Waals surface area (Å²) in [5.41, 5.74) is 5.94. The first kappa shape index (κ1) is 60.5. The zero-order valence-corrected chi connectivity index (χ0v) is 40.3. The number of hydrogen-bond acceptors (Lipinski definition) is 17. The SMILES string of the molecule is CC(C)C[C@H](NC(=O)[C@@H](NC(=O)[C@H](Cc1cnc[nH]1)NC(=O)[C@H](CO)NC(=O)[C@H](CCC(=O)O)NC(=O)[C@H](CC(C)C)NC(=O)[C@@H](NC(=O)[C@@H](N)CS)[C@@H](C)O)[C@@H](C)O)C(=O)N[C@@H](CS)C(=O)O. The molecule has 0 unspecified atom stereocenters. The Hall–Kier alpha value is -5.55. The number of carboxylic acid groups (broad SMARTS) is 2. The summed E-state index contributed by atoms with van der Waals surface area (Å²) in [5.74, 6) is -11.8. The maximum absolute atomic E-state index is 13.9. The predicted molar refractivity (Wildman–Crippen MR) is 247 cm³/mol. The van der Waals surface area contributed by atoms with Crippen molar-refractivity contribution in [3.8, 4) is 0 Å². The summed E-state index contributed by atoms with van der Waals surface area (Å²) in [7, 11) is 0. The third kappa shape index (κ3) is 21.2. The van der Waals surface area contributed by atoms with Crippen LogP contribution in [0.15, 0.2) is 12.5 Å². The molecule has 0 aromatic carbocycles. The Labute approximate surface area is 403 Å². The van der Waals surface area contributed by atoms with Crippen molar-refractivity contribution in [1.29, 1.82) is 0 Å². The van der Waals surface area contributed by atoms with Crippen molar-refractivity contribution < 1.29 is 73.5 Å². The Balaban J connectivity index is 3.40. The van der Waals surface area contributed by atoms with Gasteiger partial charge in [0.05, 0.1) is 31.2 Å². The van der Waals surface area contributed by atoms with Crippen LogP contribution in [0.3, 0.4) is 0 Å². The van der Waals surface area contributed by atoms with Gasteiger partial charge in [0.25, 0.3) is 0 Å². The summed E-state index contributed by atoms with van der Waals surface area (Å²) in [6.07, 6.45) is -2.19. The fourth-order valence-corrected chi connectivity index (χ4v) is 6.58. The van der Waals surface area contributed by atoms with Crippen molar-refractivity contribution >= 4 is 84.5 Å². The van der Waals surface area contributed by atoms with Gasteiger partial charge in [0.2, 0.25) is 47.3 Å². The lowest BCUT2D eigenvalue weighted by Crippen LogP contribution is -2.62. The Morgan fingerprint density at radius 3 is 1.40 bits per heavy atom. The number of hydrogen-bond donors (Lipinski definition) is 17. The highest BCUT2D eigenvalue weighted by molar-refractivity contribution is 7.80. The van der Waals surface area contributed by atoms with Crippen LogP contribution >= 0.6 is 25.3 Å². The molecule has 28 heteroatoms. The minimum absolute atomic E-state index is 0.0120. The minimum atomic E-state index is -1.87. The van der Waals surface area contributed by atoms with Crippen LogP contribution in [0, 0.1) is 11.8 Å². The molecule has 68 heavy (non-hydrogen) atoms. The van der Waals surface area contributed by atoms with Crippen LogP contribution in [-0.4, -0.2) is 179 Å². The van der Waals surface area contributed by atoms with Crippen LogP contribution in [0.2, 0.25) is 0 Å². The normalized spacial score (nSPS) is 16.1. The second-order valence-corrected chi connectivity index (χ2v) is 17.5. The van der Waals surface area contributed by atoms with E-state index in [0.29, 0.717) is 0 Å². The Bertz CT molecular complexity index is 1870. The quantitative estimate of drug-likeness (QED) is 0.0309. The molecule has 0 fully saturated rings. The van der Waals surface area contributed by atoms with Gasteiger partial charge in [0.15, 0.2) is 0 Å². The molecule has 0 saturated heterocycles. The highest BCUT2D eigenvalue weighted by Crippen LogP contribution is 2.11. The van der Waals surface area contributed by atoms with Crippen LogP contribution in [0.5, 0.6) is 0 Å². The van der Waals surface area contributed by atoms with Gasteiger partial charge in [0.1, 0.15) is 48.3 Å². The van der Waals surface area contributed by atoms with E-state index in [1.165, 1.54) is 19.4 Å². The molecular formula is C40H67N11O15S2. The molecule has 1 aromatic heterocycles. The Morgan fingerprint density at radius 2 is 1.00 bits per heavy atom. The second-order valence-electron chi connectivity index (χ2n) is 16.8. The van der Waals surface area contributed by atoms with Gasteiger partial charge in [-0.25, -0.2) is 9.78 Å². The molecule has 1 heterocycles. The van der Waals surface area contributed by atoms with E-state index in [4.69, 9.17) is 5.73 Å². The van der Waals surface area contributed by atoms with Gasteiger partial charge in [-0.15, -0.1) is 0 Å². The first-order valence-corrected chi connectivity index (χ1v) is 22.8. The molecule has 0 spiro atoms. The minimum Gasteiger partial charge on any atom is -0.481 e. The summed E-state index contributed by atoms with van der Waals surface area (Å²) in [6, 6.07) is -13.9. The van der Waals surface area contributed by atoms with Crippen molar-refractivity contribution in [2.45, 2.75) is 140 Å². The van der Waals surface area contributed by atoms with Gasteiger partial charge in [-0.1, -0.05) is 27.7 Å². The summed E-state index contributed by atoms with van der Waals surface area (Å²) in [5, 5.41) is 68.6. The van der Waals surface area contributed by atoms with Crippen molar-refractivity contribution in [2.75, 3.05) is 18.1 Å². The molecule has 16 N–H and O–H groups in total. The number of carbonyl (C=O) groups excluding carboxylic acids is 8. The van der Waals surface area contributed by atoms with E-state index in [2.05, 4.69) is 77.8 Å². The third-order valence-electron chi connectivity index (χ3n) is 9.84. The number of carboxylic acids is 2. The number of nitrogens with one attached hydrogen (secondary N) is 9. The first-order valence-electron chi connectivity index (χ1n) is 21.6. The standard InChI is InChI=1S/C40H67N11O15S2/c1-17(2)9-24(46-38(63)30(19(5)53)50-32(57)22(41)14-67)34(59)44-23(7-8-29(55)56)33(58)48-27(13-52)37(62)45-26(11-21-12-42-16-43-21)36(61)51-31(20(6)54)39(64)47-25(10-18(3)4)35(60)49-28(15-68)40(65)66/h12,16-20,22-28,30-31,52-54,67-68H,7-11,13-15,41H2,1-6H3,(H,42,43)(H,44,59)(H,45,62)(H,46,63)(H,47,64)(H,48,58)(H,49,60)(H,50,57)(H,51,61)(H,55,56)(H,65,66)/t19-,20-,22+,23+,24+,25+,26+,27+,28+,30+,31+/m1/s1. The highest BCUT2D eigenvalue weighted by Gasteiger charge is 2.37. The Kier molecular flexibility index (Phi) is 26.7. The van der Waals surface area contributed by atoms with Gasteiger partial charge in [-0.2, -0.15) is 25.3 Å². The zero-order chi connectivity index (χ0) is 52.0. The average molecular weight is 1010 g/mol. The predicted octanol–water partition coefficient (Wildman–Crippen LogP) is -5.19. The van der Waals surface area contributed by atoms with Crippen molar-refractivity contribution in [3.63, 3.8) is 0 Å². The average Bonchev–Trinajstić information content (AvgIpc) is 3.77. The number of aromatic amines is 1. The lowest BCUT2D eigenvalue weighted by molar-refractivity contribution is -0.142. The van der Waals surface area contributed by atoms with E-state index in [1.807, 2.05) is 0 Å². The number of imidazole rings is 1. The molecule has 0 bridgehead atoms. The fourth-order valence-electron chi connectivity index (χ4n) is 6.17. The van der Waals surface area contributed by atoms with Gasteiger partial charge >= 0.3 is 11.9 Å². The number of amides is 8. The molecule has 8 amide bonds. The van der Waals surface area contributed by atoms with Gasteiger partial charge in [-0.05, 0) is 44.9 Å². The lowest BCUT2D eigenvalue weighted by atomic mass is 10.0. The molecule has 0 aliphatic rings. The third-order valence-corrected chi connectivity index (χ3v) is 10.6. The number of thiol groups is 2. The number of aliphatic carboxylic acids is 2. The lowest BCUT2D eigenvalue weighted by Gasteiger charge is -2.29. The first-order chi connectivity index (χ1) is 31.8. The number of nitrogens with zero attached hydrogens (tertiary/aromatic N) is 1. The van der Waals surface area contributed by atoms with Crippen molar-refractivity contribution in [2.24, 2.45) is 17.6 Å². The number of H-pyrrole nitrogens is 1. The molecule has 26 nitrogen and oxygen atoms in total. The molecule has 0 aliphatic carbocycles. The molecule has 1 aromatic rings. The maximum atomic E-state index is 13.9. The molecule has 11 atom stereocenters. The number of carbonyl (C=O) groups is 10. The van der Waals surface area contributed by atoms with Gasteiger partial charge in [0, 0.05) is 36.2 Å². The molecule has 1 rings (SSSR count). The molecule has 0 radical (unpaired) electrons. The number of aromatic nitrogens is 2. The molecular weight excluding hydrogens is 939 g/mol. The van der Waals surface area contributed by atoms with Crippen molar-refractivity contribution in [1.82, 2.24) is 52.5 Å². The number of aliphatic hydroxyl groups excluding tert-OH is 3. The second kappa shape index (κ2) is 30.0. The van der Waals surface area contributed by atoms with Gasteiger partial charge in [-0.3, -0.25) is 43.2 Å². The van der Waals surface area contributed by atoms with E-state index < -0.39 is 145 Å². The van der Waals surface area contributed by atoms with E-state index in [9.17, 15) is 73.5 Å². The summed E-state index contributed by atoms with van der Waals surface area (Å²) in [4.78, 5) is 137. The Morgan fingerprint density at radius 1 is 0.588 bits per heavy atom. The van der Waals surface area contributed by atoms with E-state index in [0.717, 1.165) is 6.92 Å². The highest BCUT2D eigenvalue weighted by atomic mass is 32.1. The van der Waals surface area contributed by atoms with E-state index in [-0.39, 0.29) is 48.3 Å². The zero-order valence-electron chi connectivity index (χ0n) is 38.6. The number of rotatable bonds is 31. The molecule has 384 valence electrons. The fraction of sp³-hybridized carbons (Fsp3) is 0.675. The van der Waals surface area contributed by atoms with Crippen molar-refractivity contribution in [3.05, 3.63) is 18.2 Å². The molecule has 0 saturated carbocycles. The summed E-state index contributed by atoms with van der Waals surface area (Å²) < 4.78 is 0. The van der Waals surface area contributed by atoms with Gasteiger partial charge < -0.3 is 78.8 Å². The van der Waals surface area contributed by atoms with Crippen LogP contribution in [0.25, 0.3) is 0 Å². The van der Waals surface area contributed by atoms with E-state index >= 15 is 0 Å². The van der Waals surface area contributed by atoms with Crippen LogP contribution in [0.4, 0.5) is 0 Å². The monoisotopic (exact) mass is 1010 g/mol. The van der Waals surface area contributed by atoms with E-state index in [1.54, 1.807) is 27.7 Å². The maximum Gasteiger partial charge on any atom is 0.327 e. The number of nitrogens with two attached hydrogens (primary N) is 1. The summed E-state index contributed by atoms with van der Waals surface area (Å²) >= 11 is 7.87. The topological polar surface area (TPSA) is 423 Å². The van der Waals surface area contributed by atoms with Crippen LogP contribution in [-0.2, 0) is 54.4 Å². The van der Waals surface area contributed by atoms with Crippen LogP contribution in [0.1, 0.15) is 72.9 Å². The van der Waals surface area contributed by atoms with Crippen LogP contribution < -0.4 is 48.3 Å². The summed E-state index contributed by atoms with van der Waals surface area (Å²) in [6.45, 7) is 8.07. The smallest absolute Gasteiger partial charge is 0.327 e. The molecule has 0 aliphatic heterocycles. The number of aliphatic hydroxyl groups is 3.